The summed E-state index contributed by atoms with van der Waals surface area (Å²) in [5.74, 6) is -0.486. The van der Waals surface area contributed by atoms with Crippen molar-refractivity contribution in [3.8, 4) is 0 Å². The average Bonchev–Trinajstić information content (AvgIpc) is 2.95. The summed E-state index contributed by atoms with van der Waals surface area (Å²) in [7, 11) is -3.01. The van der Waals surface area contributed by atoms with Crippen molar-refractivity contribution in [2.24, 2.45) is 0 Å². The minimum absolute atomic E-state index is 0.00124. The first-order valence-corrected chi connectivity index (χ1v) is 8.51. The number of halogens is 1. The number of hydrogen-bond donors (Lipinski definition) is 2. The summed E-state index contributed by atoms with van der Waals surface area (Å²) in [5, 5.41) is 3.40. The minimum atomic E-state index is -3.01. The molecule has 1 aromatic carbocycles. The fourth-order valence-corrected chi connectivity index (χ4v) is 4.36. The number of carbonyl (C=O) groups excluding carboxylic acids is 1. The summed E-state index contributed by atoms with van der Waals surface area (Å²) >= 11 is 0. The number of fused-ring (bicyclic) bond motifs is 1. The van der Waals surface area contributed by atoms with E-state index in [2.05, 4.69) is 10.3 Å². The highest BCUT2D eigenvalue weighted by Gasteiger charge is 2.28. The molecule has 3 rings (SSSR count). The van der Waals surface area contributed by atoms with Gasteiger partial charge in [-0.2, -0.15) is 0 Å². The molecule has 0 saturated carbocycles. The Hall–Kier alpha value is -1.89. The molecule has 7 heteroatoms. The molecule has 1 saturated heterocycles. The molecule has 2 aromatic rings. The number of hydrogen-bond acceptors (Lipinski definition) is 3. The number of benzene rings is 1. The summed E-state index contributed by atoms with van der Waals surface area (Å²) in [6.45, 7) is 0. The van der Waals surface area contributed by atoms with Crippen LogP contribution in [-0.4, -0.2) is 36.9 Å². The van der Waals surface area contributed by atoms with Crippen molar-refractivity contribution in [1.82, 2.24) is 10.3 Å². The maximum Gasteiger partial charge on any atom is 0.224 e. The third kappa shape index (κ3) is 2.92. The molecule has 2 heterocycles. The molecule has 1 atom stereocenters. The minimum Gasteiger partial charge on any atom is -0.359 e. The zero-order valence-corrected chi connectivity index (χ0v) is 12.0. The number of nitrogens with one attached hydrogen (secondary N) is 2. The van der Waals surface area contributed by atoms with Crippen LogP contribution in [0.25, 0.3) is 10.9 Å². The van der Waals surface area contributed by atoms with Crippen LogP contribution < -0.4 is 5.32 Å². The van der Waals surface area contributed by atoms with Gasteiger partial charge in [-0.3, -0.25) is 4.79 Å². The molecular weight excluding hydrogens is 295 g/mol. The van der Waals surface area contributed by atoms with E-state index in [1.165, 1.54) is 6.07 Å². The quantitative estimate of drug-likeness (QED) is 0.892. The topological polar surface area (TPSA) is 79.0 Å². The van der Waals surface area contributed by atoms with E-state index in [9.17, 15) is 17.6 Å². The van der Waals surface area contributed by atoms with Crippen LogP contribution in [0, 0.1) is 5.82 Å². The third-order valence-electron chi connectivity index (χ3n) is 3.70. The summed E-state index contributed by atoms with van der Waals surface area (Å²) < 4.78 is 36.3. The van der Waals surface area contributed by atoms with Crippen molar-refractivity contribution in [3.05, 3.63) is 35.8 Å². The Bertz CT molecular complexity index is 798. The predicted molar refractivity (Wildman–Crippen MR) is 77.2 cm³/mol. The molecule has 21 heavy (non-hydrogen) atoms. The van der Waals surface area contributed by atoms with Crippen molar-refractivity contribution in [3.63, 3.8) is 0 Å². The zero-order chi connectivity index (χ0) is 15.0. The lowest BCUT2D eigenvalue weighted by Crippen LogP contribution is -2.36. The summed E-state index contributed by atoms with van der Waals surface area (Å²) in [4.78, 5) is 14.8. The van der Waals surface area contributed by atoms with Gasteiger partial charge in [-0.1, -0.05) is 12.1 Å². The summed E-state index contributed by atoms with van der Waals surface area (Å²) in [6, 6.07) is 4.38. The van der Waals surface area contributed by atoms with Crippen molar-refractivity contribution in [2.75, 3.05) is 11.5 Å². The van der Waals surface area contributed by atoms with E-state index >= 15 is 0 Å². The second-order valence-corrected chi connectivity index (χ2v) is 7.55. The van der Waals surface area contributed by atoms with Crippen LogP contribution in [0.3, 0.4) is 0 Å². The number of aromatic nitrogens is 1. The standard InChI is InChI=1S/C14H15FN2O3S/c15-12-3-1-2-11-9(7-16-14(11)12)6-13(18)17-10-4-5-21(19,20)8-10/h1-3,7,10,16H,4-6,8H2,(H,17,18). The first-order valence-electron chi connectivity index (χ1n) is 6.69. The lowest BCUT2D eigenvalue weighted by Gasteiger charge is -2.10. The number of para-hydroxylation sites is 1. The van der Waals surface area contributed by atoms with Gasteiger partial charge < -0.3 is 10.3 Å². The molecule has 1 amide bonds. The van der Waals surface area contributed by atoms with Gasteiger partial charge in [-0.05, 0) is 18.1 Å². The van der Waals surface area contributed by atoms with Gasteiger partial charge in [0.15, 0.2) is 9.84 Å². The molecule has 1 fully saturated rings. The molecule has 0 bridgehead atoms. The van der Waals surface area contributed by atoms with Crippen LogP contribution in [0.15, 0.2) is 24.4 Å². The molecule has 0 spiro atoms. The van der Waals surface area contributed by atoms with Gasteiger partial charge in [-0.15, -0.1) is 0 Å². The van der Waals surface area contributed by atoms with Crippen LogP contribution in [0.2, 0.25) is 0 Å². The normalized spacial score (nSPS) is 20.7. The molecule has 0 aliphatic carbocycles. The highest BCUT2D eigenvalue weighted by Crippen LogP contribution is 2.21. The number of amides is 1. The molecular formula is C14H15FN2O3S. The molecule has 1 unspecified atom stereocenters. The summed E-state index contributed by atoms with van der Waals surface area (Å²) in [6.07, 6.45) is 2.16. The van der Waals surface area contributed by atoms with E-state index in [0.29, 0.717) is 22.9 Å². The Balaban J connectivity index is 1.71. The smallest absolute Gasteiger partial charge is 0.224 e. The molecule has 0 radical (unpaired) electrons. The zero-order valence-electron chi connectivity index (χ0n) is 11.2. The molecule has 1 aliphatic heterocycles. The number of carbonyl (C=O) groups is 1. The Morgan fingerprint density at radius 2 is 2.24 bits per heavy atom. The number of rotatable bonds is 3. The third-order valence-corrected chi connectivity index (χ3v) is 5.47. The van der Waals surface area contributed by atoms with Crippen LogP contribution in [-0.2, 0) is 21.1 Å². The van der Waals surface area contributed by atoms with Crippen LogP contribution >= 0.6 is 0 Å². The summed E-state index contributed by atoms with van der Waals surface area (Å²) in [5.41, 5.74) is 1.08. The van der Waals surface area contributed by atoms with E-state index in [1.807, 2.05) is 0 Å². The predicted octanol–water partition coefficient (Wildman–Crippen LogP) is 1.15. The van der Waals surface area contributed by atoms with Crippen LogP contribution in [0.1, 0.15) is 12.0 Å². The van der Waals surface area contributed by atoms with E-state index in [-0.39, 0.29) is 35.7 Å². The Morgan fingerprint density at radius 1 is 1.43 bits per heavy atom. The lowest BCUT2D eigenvalue weighted by molar-refractivity contribution is -0.120. The van der Waals surface area contributed by atoms with Gasteiger partial charge in [0.05, 0.1) is 23.4 Å². The SMILES string of the molecule is O=C(Cc1c[nH]c2c(F)cccc12)NC1CCS(=O)(=O)C1. The molecule has 5 nitrogen and oxygen atoms in total. The molecule has 1 aliphatic rings. The number of H-pyrrole nitrogens is 1. The van der Waals surface area contributed by atoms with Gasteiger partial charge in [0.25, 0.3) is 0 Å². The van der Waals surface area contributed by atoms with Crippen LogP contribution in [0.4, 0.5) is 4.39 Å². The maximum absolute atomic E-state index is 13.6. The van der Waals surface area contributed by atoms with Crippen molar-refractivity contribution < 1.29 is 17.6 Å². The van der Waals surface area contributed by atoms with E-state index in [4.69, 9.17) is 0 Å². The number of sulfone groups is 1. The fourth-order valence-electron chi connectivity index (χ4n) is 2.68. The van der Waals surface area contributed by atoms with Crippen LogP contribution in [0.5, 0.6) is 0 Å². The van der Waals surface area contributed by atoms with Gasteiger partial charge in [0.1, 0.15) is 5.82 Å². The largest absolute Gasteiger partial charge is 0.359 e. The average molecular weight is 310 g/mol. The molecule has 112 valence electrons. The van der Waals surface area contributed by atoms with Crippen molar-refractivity contribution in [2.45, 2.75) is 18.9 Å². The molecule has 2 N–H and O–H groups in total. The van der Waals surface area contributed by atoms with Gasteiger partial charge in [-0.25, -0.2) is 12.8 Å². The van der Waals surface area contributed by atoms with Crippen molar-refractivity contribution >= 4 is 26.6 Å². The Morgan fingerprint density at radius 3 is 2.95 bits per heavy atom. The van der Waals surface area contributed by atoms with Gasteiger partial charge >= 0.3 is 0 Å². The number of aromatic amines is 1. The van der Waals surface area contributed by atoms with Crippen molar-refractivity contribution in [1.29, 1.82) is 0 Å². The second kappa shape index (κ2) is 5.14. The first kappa shape index (κ1) is 14.1. The monoisotopic (exact) mass is 310 g/mol. The fraction of sp³-hybridized carbons (Fsp3) is 0.357. The highest BCUT2D eigenvalue weighted by atomic mass is 32.2. The Labute approximate surface area is 121 Å². The van der Waals surface area contributed by atoms with Gasteiger partial charge in [0, 0.05) is 17.6 Å². The van der Waals surface area contributed by atoms with E-state index in [1.54, 1.807) is 18.3 Å². The van der Waals surface area contributed by atoms with E-state index in [0.717, 1.165) is 0 Å². The molecule has 1 aromatic heterocycles. The van der Waals surface area contributed by atoms with Gasteiger partial charge in [0.2, 0.25) is 5.91 Å². The second-order valence-electron chi connectivity index (χ2n) is 5.32. The van der Waals surface area contributed by atoms with E-state index < -0.39 is 9.84 Å². The maximum atomic E-state index is 13.6. The highest BCUT2D eigenvalue weighted by molar-refractivity contribution is 7.91. The Kier molecular flexibility index (Phi) is 3.44. The lowest BCUT2D eigenvalue weighted by atomic mass is 10.1. The first-order chi connectivity index (χ1) is 9.94.